The van der Waals surface area contributed by atoms with E-state index in [0.717, 1.165) is 33.8 Å². The summed E-state index contributed by atoms with van der Waals surface area (Å²) in [5.41, 5.74) is 10.6. The van der Waals surface area contributed by atoms with E-state index in [0.29, 0.717) is 11.1 Å². The molecule has 150 valence electrons. The molecule has 4 nitrogen and oxygen atoms in total. The van der Waals surface area contributed by atoms with Crippen molar-refractivity contribution in [3.8, 4) is 11.3 Å². The summed E-state index contributed by atoms with van der Waals surface area (Å²) in [6.07, 6.45) is 0. The van der Waals surface area contributed by atoms with Gasteiger partial charge in [0.05, 0.1) is 0 Å². The lowest BCUT2D eigenvalue weighted by molar-refractivity contribution is 0.100. The third-order valence-electron chi connectivity index (χ3n) is 5.24. The fourth-order valence-electron chi connectivity index (χ4n) is 3.70. The first-order valence-corrected chi connectivity index (χ1v) is 10.0. The quantitative estimate of drug-likeness (QED) is 0.356. The zero-order chi connectivity index (χ0) is 21.2. The highest BCUT2D eigenvalue weighted by molar-refractivity contribution is 5.97. The molecule has 0 aliphatic rings. The summed E-state index contributed by atoms with van der Waals surface area (Å²) in [5.74, 6) is 0.278. The minimum atomic E-state index is -0.467. The van der Waals surface area contributed by atoms with Crippen LogP contribution in [0, 0.1) is 0 Å². The second-order valence-corrected chi connectivity index (χ2v) is 7.28. The largest absolute Gasteiger partial charge is 0.456 e. The lowest BCUT2D eigenvalue weighted by Crippen LogP contribution is -2.10. The molecule has 1 amide bonds. The van der Waals surface area contributed by atoms with Crippen LogP contribution in [0.5, 0.6) is 0 Å². The number of rotatable bonds is 5. The predicted molar refractivity (Wildman–Crippen MR) is 125 cm³/mol. The number of benzene rings is 4. The van der Waals surface area contributed by atoms with Crippen molar-refractivity contribution in [3.63, 3.8) is 0 Å². The molecule has 0 saturated carbocycles. The molecule has 0 spiro atoms. The Morgan fingerprint density at radius 2 is 1.26 bits per heavy atom. The number of fused-ring (bicyclic) bond motifs is 1. The molecule has 2 N–H and O–H groups in total. The van der Waals surface area contributed by atoms with Crippen LogP contribution < -0.4 is 10.6 Å². The maximum Gasteiger partial charge on any atom is 0.248 e. The number of hydrogen-bond donors (Lipinski definition) is 1. The highest BCUT2D eigenvalue weighted by Crippen LogP contribution is 2.36. The van der Waals surface area contributed by atoms with Crippen molar-refractivity contribution >= 4 is 33.9 Å². The monoisotopic (exact) mass is 404 g/mol. The van der Waals surface area contributed by atoms with Crippen molar-refractivity contribution in [2.75, 3.05) is 4.90 Å². The van der Waals surface area contributed by atoms with Gasteiger partial charge in [0.1, 0.15) is 11.3 Å². The lowest BCUT2D eigenvalue weighted by Gasteiger charge is -2.25. The fourth-order valence-corrected chi connectivity index (χ4v) is 3.70. The first kappa shape index (κ1) is 18.7. The van der Waals surface area contributed by atoms with Crippen LogP contribution in [0.4, 0.5) is 17.1 Å². The number of anilines is 3. The summed E-state index contributed by atoms with van der Waals surface area (Å²) in [4.78, 5) is 13.6. The van der Waals surface area contributed by atoms with E-state index in [2.05, 4.69) is 41.3 Å². The number of para-hydroxylation sites is 2. The Morgan fingerprint density at radius 1 is 0.677 bits per heavy atom. The van der Waals surface area contributed by atoms with Crippen molar-refractivity contribution in [2.24, 2.45) is 5.73 Å². The number of carbonyl (C=O) groups excluding carboxylic acids is 1. The van der Waals surface area contributed by atoms with E-state index in [9.17, 15) is 4.79 Å². The third kappa shape index (κ3) is 3.67. The van der Waals surface area contributed by atoms with Crippen LogP contribution in [0.25, 0.3) is 22.3 Å². The number of carbonyl (C=O) groups is 1. The van der Waals surface area contributed by atoms with Gasteiger partial charge in [-0.25, -0.2) is 0 Å². The minimum absolute atomic E-state index is 0.435. The van der Waals surface area contributed by atoms with Crippen molar-refractivity contribution in [1.82, 2.24) is 0 Å². The van der Waals surface area contributed by atoms with Crippen LogP contribution >= 0.6 is 0 Å². The highest BCUT2D eigenvalue weighted by Gasteiger charge is 2.13. The Hall–Kier alpha value is -4.31. The molecular weight excluding hydrogens is 384 g/mol. The van der Waals surface area contributed by atoms with E-state index < -0.39 is 5.91 Å². The number of primary amides is 1. The van der Waals surface area contributed by atoms with Gasteiger partial charge in [-0.2, -0.15) is 0 Å². The van der Waals surface area contributed by atoms with Crippen molar-refractivity contribution in [1.29, 1.82) is 0 Å². The van der Waals surface area contributed by atoms with Gasteiger partial charge in [0.2, 0.25) is 5.91 Å². The summed E-state index contributed by atoms with van der Waals surface area (Å²) in [6, 6.07) is 36.0. The molecule has 1 aromatic heterocycles. The van der Waals surface area contributed by atoms with Crippen molar-refractivity contribution in [2.45, 2.75) is 0 Å². The van der Waals surface area contributed by atoms with Gasteiger partial charge in [-0.15, -0.1) is 0 Å². The van der Waals surface area contributed by atoms with E-state index in [-0.39, 0.29) is 0 Å². The van der Waals surface area contributed by atoms with Crippen molar-refractivity contribution in [3.05, 3.63) is 115 Å². The number of nitrogens with two attached hydrogens (primary N) is 1. The molecular formula is C27H20N2O2. The van der Waals surface area contributed by atoms with E-state index >= 15 is 0 Å². The Morgan fingerprint density at radius 3 is 1.84 bits per heavy atom. The average Bonchev–Trinajstić information content (AvgIpc) is 3.25. The van der Waals surface area contributed by atoms with Gasteiger partial charge < -0.3 is 15.1 Å². The third-order valence-corrected chi connectivity index (χ3v) is 5.24. The Balaban J connectivity index is 1.52. The van der Waals surface area contributed by atoms with Crippen LogP contribution in [-0.4, -0.2) is 5.91 Å². The number of nitrogens with zero attached hydrogens (tertiary/aromatic N) is 1. The minimum Gasteiger partial charge on any atom is -0.456 e. The number of furan rings is 1. The fraction of sp³-hybridized carbons (Fsp3) is 0. The summed E-state index contributed by atoms with van der Waals surface area (Å²) >= 11 is 0. The first-order chi connectivity index (χ1) is 15.2. The predicted octanol–water partition coefficient (Wildman–Crippen LogP) is 6.67. The van der Waals surface area contributed by atoms with Gasteiger partial charge >= 0.3 is 0 Å². The molecule has 0 atom stereocenters. The molecule has 0 saturated heterocycles. The molecule has 0 bridgehead atoms. The maximum absolute atomic E-state index is 11.4. The molecule has 31 heavy (non-hydrogen) atoms. The molecule has 0 unspecified atom stereocenters. The standard InChI is InChI=1S/C27H20N2O2/c28-27(30)21-12-11-20-17-25(31-26(20)18-21)19-13-15-24(16-14-19)29(22-7-3-1-4-8-22)23-9-5-2-6-10-23/h1-18H,(H2,28,30). The Labute approximate surface area is 180 Å². The van der Waals surface area contributed by atoms with Crippen LogP contribution in [-0.2, 0) is 0 Å². The average molecular weight is 404 g/mol. The van der Waals surface area contributed by atoms with Gasteiger partial charge in [-0.1, -0.05) is 42.5 Å². The zero-order valence-electron chi connectivity index (χ0n) is 16.7. The SMILES string of the molecule is NC(=O)c1ccc2cc(-c3ccc(N(c4ccccc4)c4ccccc4)cc3)oc2c1. The topological polar surface area (TPSA) is 59.5 Å². The van der Waals surface area contributed by atoms with Gasteiger partial charge in [-0.3, -0.25) is 4.79 Å². The van der Waals surface area contributed by atoms with Crippen LogP contribution in [0.15, 0.2) is 114 Å². The van der Waals surface area contributed by atoms with Gasteiger partial charge in [0.15, 0.2) is 0 Å². The summed E-state index contributed by atoms with van der Waals surface area (Å²) in [5, 5.41) is 0.930. The second kappa shape index (κ2) is 7.84. The first-order valence-electron chi connectivity index (χ1n) is 10.0. The van der Waals surface area contributed by atoms with E-state index in [1.807, 2.05) is 60.7 Å². The summed E-state index contributed by atoms with van der Waals surface area (Å²) < 4.78 is 5.99. The van der Waals surface area contributed by atoms with E-state index in [4.69, 9.17) is 10.2 Å². The van der Waals surface area contributed by atoms with Gasteiger partial charge in [-0.05, 0) is 66.7 Å². The summed E-state index contributed by atoms with van der Waals surface area (Å²) in [6.45, 7) is 0. The molecule has 0 aliphatic carbocycles. The van der Waals surface area contributed by atoms with E-state index in [1.54, 1.807) is 12.1 Å². The van der Waals surface area contributed by atoms with Crippen LogP contribution in [0.2, 0.25) is 0 Å². The Bertz CT molecular complexity index is 1300. The number of amides is 1. The molecule has 4 aromatic carbocycles. The summed E-state index contributed by atoms with van der Waals surface area (Å²) in [7, 11) is 0. The maximum atomic E-state index is 11.4. The molecule has 1 heterocycles. The van der Waals surface area contributed by atoms with Crippen LogP contribution in [0.3, 0.4) is 0 Å². The van der Waals surface area contributed by atoms with E-state index in [1.165, 1.54) is 0 Å². The molecule has 5 rings (SSSR count). The second-order valence-electron chi connectivity index (χ2n) is 7.28. The Kier molecular flexibility index (Phi) is 4.73. The molecule has 0 radical (unpaired) electrons. The van der Waals surface area contributed by atoms with Gasteiger partial charge in [0.25, 0.3) is 0 Å². The molecule has 4 heteroatoms. The highest BCUT2D eigenvalue weighted by atomic mass is 16.3. The number of hydrogen-bond acceptors (Lipinski definition) is 3. The van der Waals surface area contributed by atoms with Crippen molar-refractivity contribution < 1.29 is 9.21 Å². The smallest absolute Gasteiger partial charge is 0.248 e. The molecule has 5 aromatic rings. The lowest BCUT2D eigenvalue weighted by atomic mass is 10.1. The van der Waals surface area contributed by atoms with Crippen LogP contribution in [0.1, 0.15) is 10.4 Å². The normalized spacial score (nSPS) is 10.8. The van der Waals surface area contributed by atoms with Gasteiger partial charge in [0, 0.05) is 33.6 Å². The molecule has 0 aliphatic heterocycles. The zero-order valence-corrected chi connectivity index (χ0v) is 16.7. The molecule has 0 fully saturated rings.